The van der Waals surface area contributed by atoms with E-state index in [1.165, 1.54) is 0 Å². The Morgan fingerprint density at radius 3 is 1.14 bits per heavy atom. The van der Waals surface area contributed by atoms with E-state index in [4.69, 9.17) is 6.58 Å². The van der Waals surface area contributed by atoms with Crippen LogP contribution in [0.2, 0.25) is 0 Å². The van der Waals surface area contributed by atoms with Crippen molar-refractivity contribution in [2.75, 3.05) is 0 Å². The molecule has 2 heteroatoms. The van der Waals surface area contributed by atoms with Gasteiger partial charge in [-0.05, 0) is 0 Å². The van der Waals surface area contributed by atoms with E-state index in [9.17, 15) is 0 Å². The van der Waals surface area contributed by atoms with Crippen molar-refractivity contribution in [2.45, 2.75) is 21.3 Å². The van der Waals surface area contributed by atoms with Crippen LogP contribution in [0.4, 0.5) is 0 Å². The van der Waals surface area contributed by atoms with E-state index in [2.05, 4.69) is 0 Å². The molecule has 0 spiro atoms. The first kappa shape index (κ1) is 22.4. The maximum atomic E-state index is 5.03. The first-order chi connectivity index (χ1) is 1.73. The van der Waals surface area contributed by atoms with Gasteiger partial charge in [-0.3, -0.25) is 5.57 Å². The molecule has 0 nitrogen and oxygen atoms in total. The van der Waals surface area contributed by atoms with Crippen LogP contribution in [0.1, 0.15) is 21.3 Å². The van der Waals surface area contributed by atoms with Crippen LogP contribution in [0, 0.1) is 6.58 Å². The molecule has 0 aromatic carbocycles. The molecule has 0 amide bonds. The zero-order valence-corrected chi connectivity index (χ0v) is 14.9. The van der Waals surface area contributed by atoms with E-state index in [-0.39, 0.29) is 124 Å². The molecule has 0 N–H and O–H groups in total. The Labute approximate surface area is 145 Å². The second-order valence-corrected chi connectivity index (χ2v) is 1.08. The van der Waals surface area contributed by atoms with Gasteiger partial charge in [0.1, 0.15) is 0 Å². The summed E-state index contributed by atoms with van der Waals surface area (Å²) in [5.74, 6) is 0. The fraction of sp³-hybridized carbons (Fsp3) is 0.600. The Balaban J connectivity index is -0.0000000150. The average Bonchev–Trinajstić information content (AvgIpc) is 0.811. The minimum Gasteiger partial charge on any atom is -0.515 e. The summed E-state index contributed by atoms with van der Waals surface area (Å²) in [6.07, 6.45) is 0. The molecule has 0 aliphatic rings. The van der Waals surface area contributed by atoms with Crippen molar-refractivity contribution in [3.63, 3.8) is 0 Å². The second-order valence-electron chi connectivity index (χ2n) is 1.08. The summed E-state index contributed by atoms with van der Waals surface area (Å²) in [6, 6.07) is 0. The van der Waals surface area contributed by atoms with Crippen molar-refractivity contribution in [3.05, 3.63) is 12.2 Å². The Kier molecular flexibility index (Phi) is 51.8. The van der Waals surface area contributed by atoms with Gasteiger partial charge in [-0.1, -0.05) is 21.3 Å². The summed E-state index contributed by atoms with van der Waals surface area (Å²) in [4.78, 5) is 0. The van der Waals surface area contributed by atoms with E-state index < -0.39 is 0 Å². The predicted octanol–water partition coefficient (Wildman–Crippen LogP) is -3.97. The van der Waals surface area contributed by atoms with Crippen LogP contribution < -0.4 is 116 Å². The molecule has 0 saturated carbocycles. The smallest absolute Gasteiger partial charge is 0.515 e. The zero-order valence-electron chi connectivity index (χ0n) is 5.08. The standard InChI is InChI=1S/C4H7.CH4.2Rb/c1-4(2)3;;;/h1H,2-3H3;1H4;;/q-1;;2*+1. The molecular formula is C5H11Rb2+. The van der Waals surface area contributed by atoms with Crippen LogP contribution in [-0.2, 0) is 0 Å². The second kappa shape index (κ2) is 16.2. The van der Waals surface area contributed by atoms with Gasteiger partial charge in [0, 0.05) is 0 Å². The molecule has 7 heavy (non-hydrogen) atoms. The maximum absolute atomic E-state index is 5.03. The number of hydrogen-bond acceptors (Lipinski definition) is 0. The predicted molar refractivity (Wildman–Crippen MR) is 25.9 cm³/mol. The average molecular weight is 242 g/mol. The van der Waals surface area contributed by atoms with Crippen molar-refractivity contribution in [3.8, 4) is 0 Å². The first-order valence-electron chi connectivity index (χ1n) is 1.29. The third-order valence-corrected chi connectivity index (χ3v) is 0. The summed E-state index contributed by atoms with van der Waals surface area (Å²) in [7, 11) is 0. The molecule has 0 radical (unpaired) electrons. The van der Waals surface area contributed by atoms with E-state index in [0.29, 0.717) is 0 Å². The molecule has 0 saturated heterocycles. The molecule has 0 bridgehead atoms. The van der Waals surface area contributed by atoms with Crippen molar-refractivity contribution in [1.82, 2.24) is 0 Å². The van der Waals surface area contributed by atoms with Gasteiger partial charge >= 0.3 is 116 Å². The van der Waals surface area contributed by atoms with E-state index in [1.54, 1.807) is 0 Å². The Morgan fingerprint density at radius 1 is 1.14 bits per heavy atom. The molecule has 0 rings (SSSR count). The van der Waals surface area contributed by atoms with Gasteiger partial charge < -0.3 is 6.58 Å². The molecule has 0 aliphatic carbocycles. The number of hydrogen-bond donors (Lipinski definition) is 0. The number of rotatable bonds is 0. The Hall–Kier alpha value is 3.35. The van der Waals surface area contributed by atoms with E-state index in [1.807, 2.05) is 13.8 Å². The minimum absolute atomic E-state index is 0. The van der Waals surface area contributed by atoms with Crippen LogP contribution in [0.5, 0.6) is 0 Å². The van der Waals surface area contributed by atoms with Crippen LogP contribution >= 0.6 is 0 Å². The fourth-order valence-corrected chi connectivity index (χ4v) is 0. The minimum atomic E-state index is 0. The topological polar surface area (TPSA) is 0 Å². The largest absolute Gasteiger partial charge is 1.00 e. The summed E-state index contributed by atoms with van der Waals surface area (Å²) in [5.41, 5.74) is 0.917. The van der Waals surface area contributed by atoms with Crippen molar-refractivity contribution in [2.24, 2.45) is 0 Å². The van der Waals surface area contributed by atoms with Gasteiger partial charge in [0.2, 0.25) is 0 Å². The van der Waals surface area contributed by atoms with Crippen LogP contribution in [0.3, 0.4) is 0 Å². The summed E-state index contributed by atoms with van der Waals surface area (Å²) < 4.78 is 0. The summed E-state index contributed by atoms with van der Waals surface area (Å²) >= 11 is 0. The molecule has 0 aromatic rings. The molecule has 0 unspecified atom stereocenters. The summed E-state index contributed by atoms with van der Waals surface area (Å²) in [6.45, 7) is 8.75. The molecule has 0 aliphatic heterocycles. The van der Waals surface area contributed by atoms with Crippen molar-refractivity contribution < 1.29 is 116 Å². The van der Waals surface area contributed by atoms with Gasteiger partial charge in [0.05, 0.1) is 0 Å². The third kappa shape index (κ3) is 45.0. The third-order valence-electron chi connectivity index (χ3n) is 0. The van der Waals surface area contributed by atoms with Crippen molar-refractivity contribution >= 4 is 0 Å². The zero-order chi connectivity index (χ0) is 3.58. The van der Waals surface area contributed by atoms with E-state index in [0.717, 1.165) is 5.57 Å². The molecule has 0 atom stereocenters. The van der Waals surface area contributed by atoms with Gasteiger partial charge in [-0.25, -0.2) is 0 Å². The molecule has 0 heterocycles. The van der Waals surface area contributed by atoms with Gasteiger partial charge in [0.25, 0.3) is 0 Å². The Morgan fingerprint density at radius 2 is 1.14 bits per heavy atom. The SMILES string of the molecule is C.[CH-]=C(C)C.[Rb+].[Rb+]. The maximum Gasteiger partial charge on any atom is 1.00 e. The monoisotopic (exact) mass is 241 g/mol. The number of allylic oxidation sites excluding steroid dienone is 1. The fourth-order valence-electron chi connectivity index (χ4n) is 0. The molecule has 32 valence electrons. The van der Waals surface area contributed by atoms with Crippen LogP contribution in [0.25, 0.3) is 0 Å². The quantitative estimate of drug-likeness (QED) is 0.380. The molecule has 0 fully saturated rings. The van der Waals surface area contributed by atoms with Gasteiger partial charge in [-0.15, -0.1) is 0 Å². The first-order valence-corrected chi connectivity index (χ1v) is 1.29. The molecule has 0 aromatic heterocycles. The van der Waals surface area contributed by atoms with Gasteiger partial charge in [0.15, 0.2) is 0 Å². The Bertz CT molecular complexity index is 29.1. The van der Waals surface area contributed by atoms with Crippen molar-refractivity contribution in [1.29, 1.82) is 0 Å². The molecular weight excluding hydrogens is 231 g/mol. The van der Waals surface area contributed by atoms with Crippen LogP contribution in [0.15, 0.2) is 5.57 Å². The van der Waals surface area contributed by atoms with Gasteiger partial charge in [-0.2, -0.15) is 0 Å². The van der Waals surface area contributed by atoms with E-state index >= 15 is 0 Å². The summed E-state index contributed by atoms with van der Waals surface area (Å²) in [5, 5.41) is 0. The van der Waals surface area contributed by atoms with Crippen LogP contribution in [-0.4, -0.2) is 0 Å². The normalized spacial score (nSPS) is 3.71.